The highest BCUT2D eigenvalue weighted by atomic mass is 16.1. The van der Waals surface area contributed by atoms with Gasteiger partial charge in [0.1, 0.15) is 5.82 Å². The molecule has 1 atom stereocenters. The quantitative estimate of drug-likeness (QED) is 0.349. The first-order chi connectivity index (χ1) is 18.1. The van der Waals surface area contributed by atoms with Gasteiger partial charge in [0, 0.05) is 54.6 Å². The summed E-state index contributed by atoms with van der Waals surface area (Å²) in [6.45, 7) is 7.76. The van der Waals surface area contributed by atoms with Crippen LogP contribution in [0.2, 0.25) is 0 Å². The molecule has 0 spiro atoms. The Morgan fingerprint density at radius 1 is 1.16 bits per heavy atom. The van der Waals surface area contributed by atoms with Gasteiger partial charge < -0.3 is 4.57 Å². The molecule has 9 heteroatoms. The molecule has 3 aromatic heterocycles. The van der Waals surface area contributed by atoms with Crippen molar-refractivity contribution in [3.63, 3.8) is 0 Å². The van der Waals surface area contributed by atoms with Crippen LogP contribution in [0.15, 0.2) is 64.8 Å². The van der Waals surface area contributed by atoms with E-state index >= 15 is 0 Å². The van der Waals surface area contributed by atoms with Gasteiger partial charge >= 0.3 is 5.69 Å². The SMILES string of the molecule is CCCCc1cn(-c2c(CC)ccn2CC)c(=O)n1CC1(c2cccc(-c3nn[nH]n3)c2)C=CN=CC1. The molecule has 1 unspecified atom stereocenters. The Hall–Kier alpha value is -4.01. The lowest BCUT2D eigenvalue weighted by molar-refractivity contribution is 0.438. The first kappa shape index (κ1) is 24.7. The molecule has 0 bridgehead atoms. The predicted molar refractivity (Wildman–Crippen MR) is 145 cm³/mol. The monoisotopic (exact) mass is 498 g/mol. The molecule has 1 N–H and O–H groups in total. The normalized spacial score (nSPS) is 17.1. The van der Waals surface area contributed by atoms with Crippen LogP contribution in [-0.4, -0.2) is 40.5 Å². The van der Waals surface area contributed by atoms with Crippen molar-refractivity contribution in [1.29, 1.82) is 0 Å². The predicted octanol–water partition coefficient (Wildman–Crippen LogP) is 4.47. The van der Waals surface area contributed by atoms with Crippen molar-refractivity contribution >= 4 is 6.21 Å². The maximum absolute atomic E-state index is 14.1. The van der Waals surface area contributed by atoms with Crippen LogP contribution in [-0.2, 0) is 31.3 Å². The van der Waals surface area contributed by atoms with Crippen molar-refractivity contribution in [1.82, 2.24) is 34.3 Å². The van der Waals surface area contributed by atoms with Crippen LogP contribution in [0.25, 0.3) is 17.2 Å². The van der Waals surface area contributed by atoms with Gasteiger partial charge in [0.2, 0.25) is 5.82 Å². The number of benzene rings is 1. The largest absolute Gasteiger partial charge is 0.334 e. The molecule has 192 valence electrons. The third-order valence-electron chi connectivity index (χ3n) is 7.33. The number of H-pyrrole nitrogens is 1. The molecule has 1 aromatic carbocycles. The highest BCUT2D eigenvalue weighted by molar-refractivity contribution is 5.65. The average molecular weight is 499 g/mol. The van der Waals surface area contributed by atoms with Crippen molar-refractivity contribution < 1.29 is 0 Å². The molecule has 0 saturated heterocycles. The Labute approximate surface area is 216 Å². The van der Waals surface area contributed by atoms with Gasteiger partial charge in [0.15, 0.2) is 0 Å². The smallest absolute Gasteiger partial charge is 0.334 e. The van der Waals surface area contributed by atoms with E-state index in [2.05, 4.69) is 87.6 Å². The van der Waals surface area contributed by atoms with Crippen LogP contribution in [0.3, 0.4) is 0 Å². The second-order valence-electron chi connectivity index (χ2n) is 9.59. The summed E-state index contributed by atoms with van der Waals surface area (Å²) < 4.78 is 6.00. The molecule has 0 fully saturated rings. The number of aryl methyl sites for hydroxylation is 3. The highest BCUT2D eigenvalue weighted by Crippen LogP contribution is 2.35. The fourth-order valence-corrected chi connectivity index (χ4v) is 5.23. The Kier molecular flexibility index (Phi) is 7.03. The molecule has 9 nitrogen and oxygen atoms in total. The lowest BCUT2D eigenvalue weighted by Crippen LogP contribution is -2.37. The number of hydrogen-bond donors (Lipinski definition) is 1. The Bertz CT molecular complexity index is 1450. The van der Waals surface area contributed by atoms with Gasteiger partial charge in [-0.1, -0.05) is 44.5 Å². The van der Waals surface area contributed by atoms with Crippen molar-refractivity contribution in [2.75, 3.05) is 0 Å². The zero-order valence-electron chi connectivity index (χ0n) is 21.8. The second-order valence-corrected chi connectivity index (χ2v) is 9.59. The number of aliphatic imine (C=N–C) groups is 1. The second kappa shape index (κ2) is 10.5. The number of rotatable bonds is 10. The summed E-state index contributed by atoms with van der Waals surface area (Å²) in [4.78, 5) is 18.5. The van der Waals surface area contributed by atoms with Gasteiger partial charge in [-0.3, -0.25) is 14.1 Å². The lowest BCUT2D eigenvalue weighted by atomic mass is 9.76. The summed E-state index contributed by atoms with van der Waals surface area (Å²) in [6, 6.07) is 10.3. The van der Waals surface area contributed by atoms with E-state index in [0.717, 1.165) is 54.9 Å². The third-order valence-corrected chi connectivity index (χ3v) is 7.33. The molecule has 5 rings (SSSR count). The van der Waals surface area contributed by atoms with Crippen LogP contribution in [0, 0.1) is 0 Å². The number of aromatic amines is 1. The summed E-state index contributed by atoms with van der Waals surface area (Å²) >= 11 is 0. The first-order valence-electron chi connectivity index (χ1n) is 13.1. The van der Waals surface area contributed by atoms with Crippen LogP contribution in [0.4, 0.5) is 0 Å². The van der Waals surface area contributed by atoms with Crippen LogP contribution >= 0.6 is 0 Å². The van der Waals surface area contributed by atoms with Crippen molar-refractivity contribution in [3.8, 4) is 17.2 Å². The highest BCUT2D eigenvalue weighted by Gasteiger charge is 2.33. The first-order valence-corrected chi connectivity index (χ1v) is 13.1. The van der Waals surface area contributed by atoms with E-state index in [4.69, 9.17) is 0 Å². The van der Waals surface area contributed by atoms with Gasteiger partial charge in [-0.2, -0.15) is 5.21 Å². The number of imidazole rings is 1. The molecular formula is C28H34N8O. The molecule has 1 aliphatic rings. The Morgan fingerprint density at radius 3 is 2.76 bits per heavy atom. The fraction of sp³-hybridized carbons (Fsp3) is 0.393. The van der Waals surface area contributed by atoms with E-state index in [-0.39, 0.29) is 5.69 Å². The number of nitrogens with one attached hydrogen (secondary N) is 1. The number of tetrazole rings is 1. The average Bonchev–Trinajstić information content (AvgIpc) is 3.68. The fourth-order valence-electron chi connectivity index (χ4n) is 5.23. The molecule has 0 radical (unpaired) electrons. The maximum atomic E-state index is 14.1. The minimum Gasteiger partial charge on any atom is -0.334 e. The molecule has 37 heavy (non-hydrogen) atoms. The van der Waals surface area contributed by atoms with E-state index in [1.807, 2.05) is 33.7 Å². The van der Waals surface area contributed by atoms with Crippen molar-refractivity contribution in [2.45, 2.75) is 71.4 Å². The molecule has 4 heterocycles. The number of aromatic nitrogens is 7. The van der Waals surface area contributed by atoms with E-state index in [9.17, 15) is 4.79 Å². The number of hydrogen-bond acceptors (Lipinski definition) is 5. The topological polar surface area (TPSA) is 98.7 Å². The Balaban J connectivity index is 1.63. The van der Waals surface area contributed by atoms with Gasteiger partial charge in [-0.15, -0.1) is 10.2 Å². The maximum Gasteiger partial charge on any atom is 0.334 e. The number of nitrogens with zero attached hydrogens (tertiary/aromatic N) is 7. The zero-order chi connectivity index (χ0) is 25.8. The minimum absolute atomic E-state index is 0.00110. The standard InChI is InChI=1S/C28H34N8O/c1-4-7-11-24-19-35(26-21(5-2)12-17-34(26)6-3)27(37)36(24)20-28(13-15-29-16-14-28)23-10-8-9-22(18-23)25-30-32-33-31-25/h8-10,12-13,15-19H,4-7,11,14,20H2,1-3H3,(H,30,31,32,33). The van der Waals surface area contributed by atoms with Gasteiger partial charge in [0.25, 0.3) is 0 Å². The number of unbranched alkanes of at least 4 members (excludes halogenated alkanes) is 1. The number of allylic oxidation sites excluding steroid dienone is 1. The molecular weight excluding hydrogens is 464 g/mol. The third kappa shape index (κ3) is 4.61. The molecule has 4 aromatic rings. The van der Waals surface area contributed by atoms with Crippen LogP contribution in [0.5, 0.6) is 0 Å². The minimum atomic E-state index is -0.432. The lowest BCUT2D eigenvalue weighted by Gasteiger charge is -2.32. The van der Waals surface area contributed by atoms with E-state index in [1.54, 1.807) is 0 Å². The van der Waals surface area contributed by atoms with Crippen molar-refractivity contribution in [2.24, 2.45) is 4.99 Å². The molecule has 0 aliphatic carbocycles. The van der Waals surface area contributed by atoms with E-state index in [0.29, 0.717) is 18.8 Å². The molecule has 0 amide bonds. The van der Waals surface area contributed by atoms with Crippen LogP contribution < -0.4 is 5.69 Å². The molecule has 0 saturated carbocycles. The van der Waals surface area contributed by atoms with Gasteiger partial charge in [-0.25, -0.2) is 4.79 Å². The summed E-state index contributed by atoms with van der Waals surface area (Å²) in [5, 5.41) is 14.5. The summed E-state index contributed by atoms with van der Waals surface area (Å²) in [6.07, 6.45) is 14.5. The zero-order valence-corrected chi connectivity index (χ0v) is 21.8. The summed E-state index contributed by atoms with van der Waals surface area (Å²) in [5.41, 5.74) is 3.77. The van der Waals surface area contributed by atoms with Gasteiger partial charge in [-0.05, 0) is 61.1 Å². The van der Waals surface area contributed by atoms with Crippen LogP contribution in [0.1, 0.15) is 56.9 Å². The Morgan fingerprint density at radius 2 is 2.05 bits per heavy atom. The van der Waals surface area contributed by atoms with E-state index < -0.39 is 5.41 Å². The molecule has 1 aliphatic heterocycles. The summed E-state index contributed by atoms with van der Waals surface area (Å²) in [5.74, 6) is 1.52. The summed E-state index contributed by atoms with van der Waals surface area (Å²) in [7, 11) is 0. The van der Waals surface area contributed by atoms with E-state index in [1.165, 1.54) is 5.56 Å². The van der Waals surface area contributed by atoms with Crippen molar-refractivity contribution in [3.05, 3.63) is 82.3 Å². The van der Waals surface area contributed by atoms with Gasteiger partial charge in [0.05, 0.1) is 0 Å².